The molecule has 3 N–H and O–H groups in total. The second-order valence-electron chi connectivity index (χ2n) is 3.53. The van der Waals surface area contributed by atoms with Gasteiger partial charge in [-0.25, -0.2) is 9.18 Å². The standard InChI is InChI=1S/C11H11BrFNO4/c12-7-3-6(4-8(13)5-7)10(16)14-9(1-2-15)11(17)18/h3-5,9,15H,1-2H2,(H,14,16)(H,17,18)/t9-/m1/s1. The zero-order valence-corrected chi connectivity index (χ0v) is 10.8. The molecular weight excluding hydrogens is 309 g/mol. The number of benzene rings is 1. The van der Waals surface area contributed by atoms with Crippen LogP contribution >= 0.6 is 15.9 Å². The van der Waals surface area contributed by atoms with E-state index in [2.05, 4.69) is 21.2 Å². The number of hydrogen-bond donors (Lipinski definition) is 3. The summed E-state index contributed by atoms with van der Waals surface area (Å²) in [6.45, 7) is -0.371. The number of aliphatic hydroxyl groups excluding tert-OH is 1. The van der Waals surface area contributed by atoms with E-state index in [4.69, 9.17) is 10.2 Å². The first-order valence-corrected chi connectivity index (χ1v) is 5.84. The second kappa shape index (κ2) is 6.46. The average molecular weight is 320 g/mol. The first-order valence-electron chi connectivity index (χ1n) is 5.04. The number of halogens is 2. The summed E-state index contributed by atoms with van der Waals surface area (Å²) >= 11 is 3.03. The van der Waals surface area contributed by atoms with E-state index in [9.17, 15) is 14.0 Å². The first-order chi connectivity index (χ1) is 8.43. The van der Waals surface area contributed by atoms with Crippen LogP contribution in [0.4, 0.5) is 4.39 Å². The van der Waals surface area contributed by atoms with Crippen LogP contribution in [0, 0.1) is 5.82 Å². The number of carboxylic acids is 1. The number of rotatable bonds is 5. The van der Waals surface area contributed by atoms with Gasteiger partial charge in [0.1, 0.15) is 11.9 Å². The minimum atomic E-state index is -1.26. The SMILES string of the molecule is O=C(N[C@H](CCO)C(=O)O)c1cc(F)cc(Br)c1. The second-order valence-corrected chi connectivity index (χ2v) is 4.45. The van der Waals surface area contributed by atoms with Crippen LogP contribution in [0.2, 0.25) is 0 Å². The Morgan fingerprint density at radius 2 is 2.06 bits per heavy atom. The summed E-state index contributed by atoms with van der Waals surface area (Å²) in [6, 6.07) is 2.34. The molecule has 98 valence electrons. The molecule has 0 saturated carbocycles. The van der Waals surface area contributed by atoms with Crippen LogP contribution in [0.3, 0.4) is 0 Å². The Kier molecular flexibility index (Phi) is 5.24. The third kappa shape index (κ3) is 4.08. The molecule has 0 aliphatic heterocycles. The Labute approximate surface area is 111 Å². The smallest absolute Gasteiger partial charge is 0.326 e. The van der Waals surface area contributed by atoms with E-state index in [1.54, 1.807) is 0 Å². The zero-order valence-electron chi connectivity index (χ0n) is 9.19. The van der Waals surface area contributed by atoms with Crippen molar-refractivity contribution in [2.75, 3.05) is 6.61 Å². The van der Waals surface area contributed by atoms with Crippen molar-refractivity contribution in [2.45, 2.75) is 12.5 Å². The van der Waals surface area contributed by atoms with Crippen molar-refractivity contribution in [1.29, 1.82) is 0 Å². The molecule has 0 fully saturated rings. The van der Waals surface area contributed by atoms with E-state index in [1.807, 2.05) is 0 Å². The zero-order chi connectivity index (χ0) is 13.7. The van der Waals surface area contributed by atoms with Crippen LogP contribution in [0.25, 0.3) is 0 Å². The van der Waals surface area contributed by atoms with Gasteiger partial charge in [0.2, 0.25) is 0 Å². The predicted octanol–water partition coefficient (Wildman–Crippen LogP) is 1.15. The molecule has 0 aliphatic carbocycles. The van der Waals surface area contributed by atoms with Crippen LogP contribution in [0.5, 0.6) is 0 Å². The maximum Gasteiger partial charge on any atom is 0.326 e. The van der Waals surface area contributed by atoms with Gasteiger partial charge in [-0.05, 0) is 18.2 Å². The summed E-state index contributed by atoms with van der Waals surface area (Å²) in [4.78, 5) is 22.5. The van der Waals surface area contributed by atoms with E-state index in [0.717, 1.165) is 6.07 Å². The number of carboxylic acid groups (broad SMARTS) is 1. The molecule has 1 aromatic carbocycles. The van der Waals surface area contributed by atoms with Crippen molar-refractivity contribution >= 4 is 27.8 Å². The van der Waals surface area contributed by atoms with Gasteiger partial charge in [-0.2, -0.15) is 0 Å². The Hall–Kier alpha value is -1.47. The third-order valence-electron chi connectivity index (χ3n) is 2.15. The Bertz CT molecular complexity index is 446. The van der Waals surface area contributed by atoms with E-state index in [0.29, 0.717) is 4.47 Å². The van der Waals surface area contributed by atoms with Gasteiger partial charge in [-0.15, -0.1) is 0 Å². The molecule has 0 unspecified atom stereocenters. The fraction of sp³-hybridized carbons (Fsp3) is 0.273. The van der Waals surface area contributed by atoms with Crippen molar-refractivity contribution in [3.05, 3.63) is 34.1 Å². The van der Waals surface area contributed by atoms with Gasteiger partial charge in [0.15, 0.2) is 0 Å². The van der Waals surface area contributed by atoms with Gasteiger partial charge in [0.05, 0.1) is 0 Å². The topological polar surface area (TPSA) is 86.6 Å². The lowest BCUT2D eigenvalue weighted by atomic mass is 10.1. The molecule has 18 heavy (non-hydrogen) atoms. The summed E-state index contributed by atoms with van der Waals surface area (Å²) in [5.41, 5.74) is 0.00562. The lowest BCUT2D eigenvalue weighted by Gasteiger charge is -2.13. The highest BCUT2D eigenvalue weighted by atomic mass is 79.9. The number of nitrogens with one attached hydrogen (secondary N) is 1. The van der Waals surface area contributed by atoms with Gasteiger partial charge >= 0.3 is 5.97 Å². The van der Waals surface area contributed by atoms with Gasteiger partial charge in [0.25, 0.3) is 5.91 Å². The highest BCUT2D eigenvalue weighted by molar-refractivity contribution is 9.10. The van der Waals surface area contributed by atoms with Crippen molar-refractivity contribution in [1.82, 2.24) is 5.32 Å². The van der Waals surface area contributed by atoms with Crippen molar-refractivity contribution < 1.29 is 24.2 Å². The number of carbonyl (C=O) groups excluding carboxylic acids is 1. The van der Waals surface area contributed by atoms with Crippen LogP contribution in [-0.2, 0) is 4.79 Å². The largest absolute Gasteiger partial charge is 0.480 e. The predicted molar refractivity (Wildman–Crippen MR) is 64.7 cm³/mol. The molecule has 0 radical (unpaired) electrons. The number of hydrogen-bond acceptors (Lipinski definition) is 3. The van der Waals surface area contributed by atoms with Crippen molar-refractivity contribution in [3.63, 3.8) is 0 Å². The molecule has 7 heteroatoms. The maximum atomic E-state index is 13.1. The van der Waals surface area contributed by atoms with Gasteiger partial charge in [-0.3, -0.25) is 4.79 Å². The molecule has 0 aromatic heterocycles. The molecule has 0 bridgehead atoms. The fourth-order valence-corrected chi connectivity index (χ4v) is 1.78. The highest BCUT2D eigenvalue weighted by Gasteiger charge is 2.20. The lowest BCUT2D eigenvalue weighted by molar-refractivity contribution is -0.139. The summed E-state index contributed by atoms with van der Waals surface area (Å²) in [6.07, 6.45) is -0.114. The molecule has 0 heterocycles. The van der Waals surface area contributed by atoms with E-state index < -0.39 is 23.7 Å². The van der Waals surface area contributed by atoms with Gasteiger partial charge in [0, 0.05) is 23.1 Å². The van der Waals surface area contributed by atoms with Gasteiger partial charge in [-0.1, -0.05) is 15.9 Å². The molecule has 5 nitrogen and oxygen atoms in total. The first kappa shape index (κ1) is 14.6. The normalized spacial score (nSPS) is 11.9. The minimum absolute atomic E-state index is 0.00562. The Morgan fingerprint density at radius 1 is 1.39 bits per heavy atom. The van der Waals surface area contributed by atoms with Crippen LogP contribution < -0.4 is 5.32 Å². The Morgan fingerprint density at radius 3 is 2.56 bits per heavy atom. The van der Waals surface area contributed by atoms with Gasteiger partial charge < -0.3 is 15.5 Å². The lowest BCUT2D eigenvalue weighted by Crippen LogP contribution is -2.41. The molecule has 0 aliphatic rings. The Balaban J connectivity index is 2.83. The summed E-state index contributed by atoms with van der Waals surface area (Å²) in [5, 5.41) is 19.7. The summed E-state index contributed by atoms with van der Waals surface area (Å²) in [7, 11) is 0. The van der Waals surface area contributed by atoms with Crippen molar-refractivity contribution in [2.24, 2.45) is 0 Å². The van der Waals surface area contributed by atoms with Crippen LogP contribution in [0.15, 0.2) is 22.7 Å². The molecule has 1 rings (SSSR count). The molecular formula is C11H11BrFNO4. The summed E-state index contributed by atoms with van der Waals surface area (Å²) in [5.74, 6) is -2.58. The number of aliphatic carboxylic acids is 1. The highest BCUT2D eigenvalue weighted by Crippen LogP contribution is 2.15. The van der Waals surface area contributed by atoms with Crippen LogP contribution in [0.1, 0.15) is 16.8 Å². The van der Waals surface area contributed by atoms with E-state index in [-0.39, 0.29) is 18.6 Å². The quantitative estimate of drug-likeness (QED) is 0.760. The molecule has 1 amide bonds. The fourth-order valence-electron chi connectivity index (χ4n) is 1.31. The van der Waals surface area contributed by atoms with Crippen molar-refractivity contribution in [3.8, 4) is 0 Å². The monoisotopic (exact) mass is 319 g/mol. The minimum Gasteiger partial charge on any atom is -0.480 e. The number of amides is 1. The molecule has 0 saturated heterocycles. The number of carbonyl (C=O) groups is 2. The molecule has 0 spiro atoms. The molecule has 1 aromatic rings. The van der Waals surface area contributed by atoms with E-state index >= 15 is 0 Å². The average Bonchev–Trinajstić information content (AvgIpc) is 2.26. The maximum absolute atomic E-state index is 13.1. The summed E-state index contributed by atoms with van der Waals surface area (Å²) < 4.78 is 13.4. The van der Waals surface area contributed by atoms with E-state index in [1.165, 1.54) is 12.1 Å². The number of aliphatic hydroxyl groups is 1. The molecule has 1 atom stereocenters. The van der Waals surface area contributed by atoms with Crippen LogP contribution in [-0.4, -0.2) is 34.7 Å². The third-order valence-corrected chi connectivity index (χ3v) is 2.60.